The molecule has 20 heteroatoms. The summed E-state index contributed by atoms with van der Waals surface area (Å²) >= 11 is 0. The Kier molecular flexibility index (Phi) is 16.7. The molecule has 0 atom stereocenters. The fourth-order valence-electron chi connectivity index (χ4n) is 5.67. The predicted molar refractivity (Wildman–Crippen MR) is 221 cm³/mol. The molecule has 20 nitrogen and oxygen atoms in total. The van der Waals surface area contributed by atoms with E-state index in [0.29, 0.717) is 51.0 Å². The third-order valence-electron chi connectivity index (χ3n) is 8.63. The third-order valence-corrected chi connectivity index (χ3v) is 8.63. The molecule has 0 aliphatic rings. The van der Waals surface area contributed by atoms with E-state index in [9.17, 15) is 19.2 Å². The lowest BCUT2D eigenvalue weighted by Gasteiger charge is -1.99. The van der Waals surface area contributed by atoms with Crippen molar-refractivity contribution in [1.29, 1.82) is 0 Å². The van der Waals surface area contributed by atoms with Gasteiger partial charge in [0.1, 0.15) is 56.2 Å². The Morgan fingerprint density at radius 3 is 1.55 bits per heavy atom. The molecule has 0 amide bonds. The van der Waals surface area contributed by atoms with Crippen LogP contribution in [0.1, 0.15) is 79.1 Å². The maximum absolute atomic E-state index is 10.8. The second kappa shape index (κ2) is 22.7. The van der Waals surface area contributed by atoms with Gasteiger partial charge in [-0.3, -0.25) is 15.0 Å². The standard InChI is InChI=1S/4C10H12N4O/c1-8(15)4-3-7-14-12-9-5-2-6-11-10(9)13-14;1-8(15)3-2-6-14-10-4-5-11-7-9(10)12-13-14;1-8(15)3-2-6-14-10-7-11-5-4-9(10)12-13-14;1-8(15)3-2-6-14-12-9-4-5-11-7-10(9)13-14/h2,5-6H,3-4,7H2,1H3;3*4-5,7H,2-3,6H2,1H3. The Morgan fingerprint density at radius 1 is 0.467 bits per heavy atom. The number of carbonyl (C=O) groups excluding carboxylic acids is 4. The molecule has 0 radical (unpaired) electrons. The van der Waals surface area contributed by atoms with Crippen molar-refractivity contribution in [3.8, 4) is 0 Å². The normalized spacial score (nSPS) is 10.7. The monoisotopic (exact) mass is 816 g/mol. The van der Waals surface area contributed by atoms with Crippen molar-refractivity contribution in [1.82, 2.24) is 79.9 Å². The lowest BCUT2D eigenvalue weighted by Crippen LogP contribution is -2.03. The minimum absolute atomic E-state index is 0.199. The van der Waals surface area contributed by atoms with Crippen LogP contribution in [-0.4, -0.2) is 103 Å². The summed E-state index contributed by atoms with van der Waals surface area (Å²) in [4.78, 5) is 62.3. The molecular formula is C40H48N16O4. The number of carbonyl (C=O) groups is 4. The van der Waals surface area contributed by atoms with Crippen LogP contribution in [-0.2, 0) is 45.4 Å². The topological polar surface area (TPSA) is 243 Å². The minimum atomic E-state index is 0.199. The van der Waals surface area contributed by atoms with Crippen LogP contribution >= 0.6 is 0 Å². The molecule has 0 N–H and O–H groups in total. The molecule has 8 aromatic rings. The van der Waals surface area contributed by atoms with Crippen LogP contribution in [0.3, 0.4) is 0 Å². The summed E-state index contributed by atoms with van der Waals surface area (Å²) in [5.41, 5.74) is 6.59. The second-order valence-corrected chi connectivity index (χ2v) is 13.9. The Bertz CT molecular complexity index is 2370. The molecule has 0 aromatic carbocycles. The van der Waals surface area contributed by atoms with Crippen LogP contribution < -0.4 is 0 Å². The molecule has 0 aliphatic heterocycles. The van der Waals surface area contributed by atoms with Gasteiger partial charge in [-0.2, -0.15) is 24.9 Å². The van der Waals surface area contributed by atoms with E-state index < -0.39 is 0 Å². The van der Waals surface area contributed by atoms with Crippen molar-refractivity contribution in [2.45, 2.75) is 105 Å². The first kappa shape index (κ1) is 44.0. The van der Waals surface area contributed by atoms with Gasteiger partial charge in [-0.15, -0.1) is 15.3 Å². The summed E-state index contributed by atoms with van der Waals surface area (Å²) in [6, 6.07) is 9.23. The van der Waals surface area contributed by atoms with Crippen LogP contribution in [0.4, 0.5) is 0 Å². The van der Waals surface area contributed by atoms with E-state index in [2.05, 4.69) is 61.0 Å². The molecule has 0 aliphatic carbocycles. The summed E-state index contributed by atoms with van der Waals surface area (Å²) in [5, 5.41) is 32.9. The number of rotatable bonds is 16. The lowest BCUT2D eigenvalue weighted by atomic mass is 10.2. The zero-order chi connectivity index (χ0) is 42.7. The van der Waals surface area contributed by atoms with E-state index in [1.807, 2.05) is 30.3 Å². The highest BCUT2D eigenvalue weighted by Crippen LogP contribution is 2.11. The largest absolute Gasteiger partial charge is 0.300 e. The molecule has 8 rings (SSSR count). The van der Waals surface area contributed by atoms with Gasteiger partial charge in [0.25, 0.3) is 0 Å². The molecule has 0 saturated carbocycles. The van der Waals surface area contributed by atoms with Gasteiger partial charge in [-0.1, -0.05) is 10.4 Å². The highest BCUT2D eigenvalue weighted by Gasteiger charge is 2.06. The lowest BCUT2D eigenvalue weighted by molar-refractivity contribution is -0.118. The molecule has 60 heavy (non-hydrogen) atoms. The number of nitrogens with zero attached hydrogens (tertiary/aromatic N) is 16. The van der Waals surface area contributed by atoms with Gasteiger partial charge in [0, 0.05) is 63.6 Å². The van der Waals surface area contributed by atoms with E-state index in [4.69, 9.17) is 0 Å². The first-order chi connectivity index (χ1) is 29.0. The highest BCUT2D eigenvalue weighted by atomic mass is 16.1. The summed E-state index contributed by atoms with van der Waals surface area (Å²) < 4.78 is 3.59. The maximum Gasteiger partial charge on any atom is 0.201 e. The fourth-order valence-corrected chi connectivity index (χ4v) is 5.67. The van der Waals surface area contributed by atoms with E-state index in [0.717, 1.165) is 70.8 Å². The van der Waals surface area contributed by atoms with Crippen molar-refractivity contribution in [2.75, 3.05) is 0 Å². The van der Waals surface area contributed by atoms with Gasteiger partial charge in [-0.25, -0.2) is 14.3 Å². The van der Waals surface area contributed by atoms with Crippen molar-refractivity contribution in [3.63, 3.8) is 0 Å². The summed E-state index contributed by atoms with van der Waals surface area (Å²) in [5.74, 6) is 0.817. The second-order valence-electron chi connectivity index (χ2n) is 13.9. The molecule has 312 valence electrons. The SMILES string of the molecule is CC(=O)CCCn1nc2cccnc2n1.CC(=O)CCCn1nc2ccncc2n1.CC(=O)CCCn1nnc2ccncc21.CC(=O)CCCn1nnc2cnccc21. The fraction of sp³-hybridized carbons (Fsp3) is 0.400. The Labute approximate surface area is 344 Å². The molecular weight excluding hydrogens is 769 g/mol. The molecule has 0 unspecified atom stereocenters. The first-order valence-corrected chi connectivity index (χ1v) is 19.6. The molecule has 8 heterocycles. The van der Waals surface area contributed by atoms with E-state index in [1.54, 1.807) is 90.0 Å². The van der Waals surface area contributed by atoms with E-state index in [1.165, 1.54) is 0 Å². The van der Waals surface area contributed by atoms with Crippen molar-refractivity contribution >= 4 is 67.4 Å². The van der Waals surface area contributed by atoms with Crippen molar-refractivity contribution in [3.05, 3.63) is 73.7 Å². The van der Waals surface area contributed by atoms with Gasteiger partial charge in [-0.05, 0) is 83.7 Å². The van der Waals surface area contributed by atoms with Crippen molar-refractivity contribution < 1.29 is 19.2 Å². The van der Waals surface area contributed by atoms with Crippen LogP contribution in [0, 0.1) is 0 Å². The van der Waals surface area contributed by atoms with Gasteiger partial charge < -0.3 is 19.2 Å². The molecule has 8 aromatic heterocycles. The van der Waals surface area contributed by atoms with E-state index >= 15 is 0 Å². The number of fused-ring (bicyclic) bond motifs is 4. The predicted octanol–water partition coefficient (Wildman–Crippen LogP) is 4.78. The van der Waals surface area contributed by atoms with Gasteiger partial charge in [0.2, 0.25) is 5.65 Å². The number of aryl methyl sites for hydroxylation is 4. The Morgan fingerprint density at radius 2 is 0.950 bits per heavy atom. The van der Waals surface area contributed by atoms with Crippen molar-refractivity contribution in [2.24, 2.45) is 0 Å². The number of pyridine rings is 4. The average molecular weight is 817 g/mol. The molecule has 0 bridgehead atoms. The molecule has 0 saturated heterocycles. The maximum atomic E-state index is 10.8. The van der Waals surface area contributed by atoms with Gasteiger partial charge in [0.15, 0.2) is 0 Å². The Balaban J connectivity index is 0.000000152. The number of ketones is 4. The summed E-state index contributed by atoms with van der Waals surface area (Å²) in [7, 11) is 0. The quantitative estimate of drug-likeness (QED) is 0.127. The third kappa shape index (κ3) is 14.1. The molecule has 0 spiro atoms. The highest BCUT2D eigenvalue weighted by molar-refractivity contribution is 5.77. The molecule has 0 fully saturated rings. The van der Waals surface area contributed by atoms with Crippen LogP contribution in [0.15, 0.2) is 73.7 Å². The number of hydrogen-bond donors (Lipinski definition) is 0. The van der Waals surface area contributed by atoms with Gasteiger partial charge >= 0.3 is 0 Å². The average Bonchev–Trinajstić information content (AvgIpc) is 4.03. The minimum Gasteiger partial charge on any atom is -0.300 e. The zero-order valence-electron chi connectivity index (χ0n) is 34.2. The smallest absolute Gasteiger partial charge is 0.201 e. The summed E-state index contributed by atoms with van der Waals surface area (Å²) in [6.45, 7) is 9.15. The first-order valence-electron chi connectivity index (χ1n) is 19.6. The Hall–Kier alpha value is -7.12. The summed E-state index contributed by atoms with van der Waals surface area (Å²) in [6.07, 6.45) is 17.4. The van der Waals surface area contributed by atoms with Gasteiger partial charge in [0.05, 0.1) is 37.2 Å². The van der Waals surface area contributed by atoms with E-state index in [-0.39, 0.29) is 23.1 Å². The van der Waals surface area contributed by atoms with Crippen LogP contribution in [0.25, 0.3) is 44.3 Å². The van der Waals surface area contributed by atoms with Crippen LogP contribution in [0.5, 0.6) is 0 Å². The van der Waals surface area contributed by atoms with Crippen LogP contribution in [0.2, 0.25) is 0 Å². The number of Topliss-reactive ketones (excluding diaryl/α,β-unsaturated/α-hetero) is 4. The zero-order valence-corrected chi connectivity index (χ0v) is 34.2. The number of aromatic nitrogens is 16. The number of hydrogen-bond acceptors (Lipinski definition) is 16.